The Kier molecular flexibility index (Phi) is 4.21. The Hall–Kier alpha value is -2.27. The number of imidazole rings is 1. The number of para-hydroxylation sites is 1. The summed E-state index contributed by atoms with van der Waals surface area (Å²) < 4.78 is 7.36. The van der Waals surface area contributed by atoms with Gasteiger partial charge in [0.25, 0.3) is 0 Å². The molecule has 0 spiro atoms. The van der Waals surface area contributed by atoms with Crippen molar-refractivity contribution >= 4 is 11.8 Å². The Morgan fingerprint density at radius 1 is 1.05 bits per heavy atom. The average Bonchev–Trinajstić information content (AvgIpc) is 3.02. The van der Waals surface area contributed by atoms with Crippen LogP contribution in [0, 0.1) is 0 Å². The summed E-state index contributed by atoms with van der Waals surface area (Å²) in [6.07, 6.45) is 5.50. The highest BCUT2D eigenvalue weighted by Gasteiger charge is 2.08. The summed E-state index contributed by atoms with van der Waals surface area (Å²) >= 11 is 1.66. The van der Waals surface area contributed by atoms with Crippen molar-refractivity contribution in [3.8, 4) is 11.6 Å². The summed E-state index contributed by atoms with van der Waals surface area (Å²) in [5.41, 5.74) is 1.15. The third-order valence-corrected chi connectivity index (χ3v) is 4.07. The van der Waals surface area contributed by atoms with Gasteiger partial charge in [-0.1, -0.05) is 36.0 Å². The van der Waals surface area contributed by atoms with Gasteiger partial charge >= 0.3 is 0 Å². The first-order valence-electron chi connectivity index (χ1n) is 6.58. The number of thioether (sulfide) groups is 1. The first-order chi connectivity index (χ1) is 10.4. The van der Waals surface area contributed by atoms with E-state index in [4.69, 9.17) is 4.74 Å². The van der Waals surface area contributed by atoms with Gasteiger partial charge in [0.05, 0.1) is 7.11 Å². The number of aromatic nitrogens is 3. The van der Waals surface area contributed by atoms with Crippen LogP contribution in [0.5, 0.6) is 5.75 Å². The molecule has 2 heterocycles. The molecule has 5 heteroatoms. The van der Waals surface area contributed by atoms with E-state index in [-0.39, 0.29) is 0 Å². The number of hydrogen-bond acceptors (Lipinski definition) is 4. The third-order valence-electron chi connectivity index (χ3n) is 3.05. The molecule has 1 aromatic carbocycles. The molecule has 0 saturated carbocycles. The molecule has 4 nitrogen and oxygen atoms in total. The molecule has 3 aromatic rings. The standard InChI is InChI=1S/C16H15N3OS/c1-20-14-7-3-2-6-13(14)12-21-16-18-10-11-19(16)15-8-4-5-9-17-15/h2-11H,12H2,1H3. The van der Waals surface area contributed by atoms with Gasteiger partial charge in [-0.2, -0.15) is 0 Å². The summed E-state index contributed by atoms with van der Waals surface area (Å²) in [4.78, 5) is 8.76. The second-order valence-corrected chi connectivity index (χ2v) is 5.31. The zero-order valence-electron chi connectivity index (χ0n) is 11.6. The van der Waals surface area contributed by atoms with Crippen LogP contribution in [-0.4, -0.2) is 21.6 Å². The van der Waals surface area contributed by atoms with Gasteiger partial charge in [-0.25, -0.2) is 9.97 Å². The van der Waals surface area contributed by atoms with Gasteiger partial charge in [-0.05, 0) is 18.2 Å². The summed E-state index contributed by atoms with van der Waals surface area (Å²) in [6.45, 7) is 0. The van der Waals surface area contributed by atoms with Crippen molar-refractivity contribution < 1.29 is 4.74 Å². The van der Waals surface area contributed by atoms with Crippen LogP contribution in [0.2, 0.25) is 0 Å². The van der Waals surface area contributed by atoms with E-state index in [0.717, 1.165) is 28.0 Å². The van der Waals surface area contributed by atoms with Crippen molar-refractivity contribution in [2.75, 3.05) is 7.11 Å². The van der Waals surface area contributed by atoms with Crippen molar-refractivity contribution in [2.24, 2.45) is 0 Å². The molecule has 3 rings (SSSR count). The van der Waals surface area contributed by atoms with Crippen molar-refractivity contribution in [1.82, 2.24) is 14.5 Å². The van der Waals surface area contributed by atoms with Gasteiger partial charge < -0.3 is 4.74 Å². The zero-order valence-corrected chi connectivity index (χ0v) is 12.5. The van der Waals surface area contributed by atoms with Crippen LogP contribution < -0.4 is 4.74 Å². The second-order valence-electron chi connectivity index (χ2n) is 4.37. The lowest BCUT2D eigenvalue weighted by molar-refractivity contribution is 0.411. The lowest BCUT2D eigenvalue weighted by atomic mass is 10.2. The smallest absolute Gasteiger partial charge is 0.174 e. The number of rotatable bonds is 5. The minimum atomic E-state index is 0.799. The Balaban J connectivity index is 1.79. The first kappa shape index (κ1) is 13.7. The van der Waals surface area contributed by atoms with Crippen molar-refractivity contribution in [3.63, 3.8) is 0 Å². The number of pyridine rings is 1. The van der Waals surface area contributed by atoms with Crippen molar-refractivity contribution in [1.29, 1.82) is 0 Å². The van der Waals surface area contributed by atoms with Crippen molar-refractivity contribution in [2.45, 2.75) is 10.9 Å². The predicted octanol–water partition coefficient (Wildman–Crippen LogP) is 3.57. The monoisotopic (exact) mass is 297 g/mol. The number of nitrogens with zero attached hydrogens (tertiary/aromatic N) is 3. The molecule has 2 aromatic heterocycles. The van der Waals surface area contributed by atoms with Gasteiger partial charge in [-0.3, -0.25) is 4.57 Å². The van der Waals surface area contributed by atoms with Crippen LogP contribution in [-0.2, 0) is 5.75 Å². The van der Waals surface area contributed by atoms with E-state index in [1.807, 2.05) is 47.2 Å². The second kappa shape index (κ2) is 6.45. The topological polar surface area (TPSA) is 39.9 Å². The van der Waals surface area contributed by atoms with Crippen molar-refractivity contribution in [3.05, 3.63) is 66.6 Å². The first-order valence-corrected chi connectivity index (χ1v) is 7.56. The average molecular weight is 297 g/mol. The summed E-state index contributed by atoms with van der Waals surface area (Å²) in [6, 6.07) is 13.9. The molecular formula is C16H15N3OS. The molecule has 0 amide bonds. The van der Waals surface area contributed by atoms with E-state index in [0.29, 0.717) is 0 Å². The Bertz CT molecular complexity index is 712. The maximum atomic E-state index is 5.38. The molecule has 0 bridgehead atoms. The molecule has 0 aliphatic rings. The minimum absolute atomic E-state index is 0.799. The molecular weight excluding hydrogens is 282 g/mol. The van der Waals surface area contributed by atoms with Crippen LogP contribution in [0.15, 0.2) is 66.2 Å². The Labute approximate surface area is 127 Å². The maximum Gasteiger partial charge on any atom is 0.174 e. The number of methoxy groups -OCH3 is 1. The molecule has 0 unspecified atom stereocenters. The fraction of sp³-hybridized carbons (Fsp3) is 0.125. The van der Waals surface area contributed by atoms with Gasteiger partial charge in [0.1, 0.15) is 11.6 Å². The Morgan fingerprint density at radius 2 is 1.90 bits per heavy atom. The molecule has 0 N–H and O–H groups in total. The number of ether oxygens (including phenoxy) is 1. The summed E-state index contributed by atoms with van der Waals surface area (Å²) in [5.74, 6) is 2.58. The van der Waals surface area contributed by atoms with Gasteiger partial charge in [0.15, 0.2) is 5.16 Å². The number of hydrogen-bond donors (Lipinski definition) is 0. The zero-order chi connectivity index (χ0) is 14.5. The number of benzene rings is 1. The van der Waals surface area contributed by atoms with Gasteiger partial charge in [0, 0.05) is 29.9 Å². The molecule has 0 aliphatic carbocycles. The molecule has 0 aliphatic heterocycles. The van der Waals surface area contributed by atoms with E-state index in [9.17, 15) is 0 Å². The normalized spacial score (nSPS) is 10.5. The molecule has 0 fully saturated rings. The lowest BCUT2D eigenvalue weighted by Crippen LogP contribution is -1.98. The SMILES string of the molecule is COc1ccccc1CSc1nccn1-c1ccccn1. The predicted molar refractivity (Wildman–Crippen MR) is 83.9 cm³/mol. The molecule has 106 valence electrons. The molecule has 0 saturated heterocycles. The third kappa shape index (κ3) is 3.08. The fourth-order valence-corrected chi connectivity index (χ4v) is 2.98. The molecule has 21 heavy (non-hydrogen) atoms. The minimum Gasteiger partial charge on any atom is -0.496 e. The maximum absolute atomic E-state index is 5.38. The highest BCUT2D eigenvalue weighted by Crippen LogP contribution is 2.27. The quantitative estimate of drug-likeness (QED) is 0.675. The fourth-order valence-electron chi connectivity index (χ4n) is 2.03. The van der Waals surface area contributed by atoms with Gasteiger partial charge in [-0.15, -0.1) is 0 Å². The van der Waals surface area contributed by atoms with Gasteiger partial charge in [0.2, 0.25) is 0 Å². The highest BCUT2D eigenvalue weighted by molar-refractivity contribution is 7.98. The van der Waals surface area contributed by atoms with Crippen LogP contribution in [0.25, 0.3) is 5.82 Å². The van der Waals surface area contributed by atoms with Crippen LogP contribution in [0.3, 0.4) is 0 Å². The van der Waals surface area contributed by atoms with E-state index < -0.39 is 0 Å². The van der Waals surface area contributed by atoms with E-state index in [1.165, 1.54) is 0 Å². The lowest BCUT2D eigenvalue weighted by Gasteiger charge is -2.09. The van der Waals surface area contributed by atoms with E-state index >= 15 is 0 Å². The largest absolute Gasteiger partial charge is 0.496 e. The molecule has 0 atom stereocenters. The van der Waals surface area contributed by atoms with Crippen LogP contribution in [0.4, 0.5) is 0 Å². The van der Waals surface area contributed by atoms with E-state index in [1.54, 1.807) is 31.3 Å². The summed E-state index contributed by atoms with van der Waals surface area (Å²) in [7, 11) is 1.69. The summed E-state index contributed by atoms with van der Waals surface area (Å²) in [5, 5.41) is 0.916. The highest BCUT2D eigenvalue weighted by atomic mass is 32.2. The molecule has 0 radical (unpaired) electrons. The van der Waals surface area contributed by atoms with Crippen LogP contribution >= 0.6 is 11.8 Å². The van der Waals surface area contributed by atoms with Crippen LogP contribution in [0.1, 0.15) is 5.56 Å². The van der Waals surface area contributed by atoms with E-state index in [2.05, 4.69) is 16.0 Å². The Morgan fingerprint density at radius 3 is 2.71 bits per heavy atom.